The Labute approximate surface area is 177 Å². The molecular weight excluding hydrogens is 378 g/mol. The van der Waals surface area contributed by atoms with E-state index in [1.165, 1.54) is 5.56 Å². The molecule has 4 rings (SSSR count). The quantitative estimate of drug-likeness (QED) is 0.678. The Balaban J connectivity index is 1.60. The lowest BCUT2D eigenvalue weighted by molar-refractivity contribution is 0.167. The molecule has 0 saturated carbocycles. The van der Waals surface area contributed by atoms with Gasteiger partial charge in [0.2, 0.25) is 0 Å². The Kier molecular flexibility index (Phi) is 5.93. The molecule has 0 aliphatic carbocycles. The number of methoxy groups -OCH3 is 2. The molecular formula is C24H27N3O3. The summed E-state index contributed by atoms with van der Waals surface area (Å²) in [7, 11) is 3.29. The van der Waals surface area contributed by atoms with Crippen LogP contribution in [-0.2, 0) is 13.0 Å². The van der Waals surface area contributed by atoms with Crippen molar-refractivity contribution in [1.29, 1.82) is 0 Å². The summed E-state index contributed by atoms with van der Waals surface area (Å²) >= 11 is 0. The van der Waals surface area contributed by atoms with Crippen molar-refractivity contribution in [3.8, 4) is 11.5 Å². The number of carbonyl (C=O) groups excluding carboxylic acids is 1. The number of amides is 2. The maximum atomic E-state index is 13.2. The minimum absolute atomic E-state index is 0.0757. The Morgan fingerprint density at radius 1 is 1.03 bits per heavy atom. The number of benzene rings is 2. The highest BCUT2D eigenvalue weighted by molar-refractivity contribution is 5.76. The van der Waals surface area contributed by atoms with Gasteiger partial charge in [-0.05, 0) is 42.3 Å². The van der Waals surface area contributed by atoms with Crippen molar-refractivity contribution in [2.45, 2.75) is 19.0 Å². The first-order valence-electron chi connectivity index (χ1n) is 10.2. The van der Waals surface area contributed by atoms with E-state index in [1.807, 2.05) is 47.4 Å². The van der Waals surface area contributed by atoms with Crippen LogP contribution in [0.15, 0.2) is 66.9 Å². The van der Waals surface area contributed by atoms with Crippen molar-refractivity contribution in [2.75, 3.05) is 27.3 Å². The fraction of sp³-hybridized carbons (Fsp3) is 0.292. The third-order valence-electron chi connectivity index (χ3n) is 5.56. The van der Waals surface area contributed by atoms with Crippen molar-refractivity contribution in [1.82, 2.24) is 14.8 Å². The van der Waals surface area contributed by atoms with E-state index in [1.54, 1.807) is 14.2 Å². The number of aromatic nitrogens is 1. The summed E-state index contributed by atoms with van der Waals surface area (Å²) in [6.07, 6.45) is 2.85. The van der Waals surface area contributed by atoms with Crippen molar-refractivity contribution < 1.29 is 14.3 Å². The van der Waals surface area contributed by atoms with Gasteiger partial charge in [0, 0.05) is 37.1 Å². The molecule has 2 aromatic carbocycles. The van der Waals surface area contributed by atoms with Gasteiger partial charge in [-0.2, -0.15) is 0 Å². The monoisotopic (exact) mass is 405 g/mol. The molecule has 2 heterocycles. The van der Waals surface area contributed by atoms with Crippen molar-refractivity contribution in [3.05, 3.63) is 83.7 Å². The molecule has 1 aromatic heterocycles. The van der Waals surface area contributed by atoms with E-state index < -0.39 is 0 Å². The van der Waals surface area contributed by atoms with Crippen LogP contribution < -0.4 is 14.8 Å². The number of urea groups is 1. The van der Waals surface area contributed by atoms with E-state index in [0.717, 1.165) is 35.7 Å². The Hall–Kier alpha value is -3.41. The number of nitrogens with zero attached hydrogens (tertiary/aromatic N) is 2. The largest absolute Gasteiger partial charge is 0.497 e. The lowest BCUT2D eigenvalue weighted by Crippen LogP contribution is -2.47. The average molecular weight is 405 g/mol. The lowest BCUT2D eigenvalue weighted by Gasteiger charge is -2.37. The first kappa shape index (κ1) is 19.9. The highest BCUT2D eigenvalue weighted by Crippen LogP contribution is 2.39. The molecule has 0 fully saturated rings. The summed E-state index contributed by atoms with van der Waals surface area (Å²) in [5, 5.41) is 3.10. The third kappa shape index (κ3) is 3.99. The predicted molar refractivity (Wildman–Crippen MR) is 116 cm³/mol. The van der Waals surface area contributed by atoms with Crippen LogP contribution in [0.5, 0.6) is 11.5 Å². The number of hydrogen-bond donors (Lipinski definition) is 1. The smallest absolute Gasteiger partial charge is 0.318 e. The second kappa shape index (κ2) is 8.95. The van der Waals surface area contributed by atoms with Crippen LogP contribution in [0, 0.1) is 0 Å². The summed E-state index contributed by atoms with van der Waals surface area (Å²) < 4.78 is 13.3. The number of fused-ring (bicyclic) bond motifs is 1. The highest BCUT2D eigenvalue weighted by atomic mass is 16.5. The molecule has 0 radical (unpaired) electrons. The number of carbonyl (C=O) groups is 1. The zero-order valence-corrected chi connectivity index (χ0v) is 17.4. The number of hydrogen-bond acceptors (Lipinski definition) is 3. The standard InChI is InChI=1S/C24H27N3O3/c1-29-19-10-11-22(30-2)20(17-19)23-21-9-6-14-26(21)15-16-27(23)24(28)25-13-12-18-7-4-3-5-8-18/h3-11,14,17,23H,12-13,15-16H2,1-2H3,(H,25,28). The van der Waals surface area contributed by atoms with Crippen LogP contribution in [-0.4, -0.2) is 42.8 Å². The lowest BCUT2D eigenvalue weighted by atomic mass is 9.98. The topological polar surface area (TPSA) is 55.7 Å². The number of ether oxygens (including phenoxy) is 2. The molecule has 1 unspecified atom stereocenters. The van der Waals surface area contributed by atoms with Gasteiger partial charge in [0.1, 0.15) is 17.5 Å². The average Bonchev–Trinajstić information content (AvgIpc) is 3.27. The Bertz CT molecular complexity index is 1000. The van der Waals surface area contributed by atoms with Crippen molar-refractivity contribution >= 4 is 6.03 Å². The fourth-order valence-electron chi connectivity index (χ4n) is 4.04. The van der Waals surface area contributed by atoms with Crippen LogP contribution in [0.3, 0.4) is 0 Å². The van der Waals surface area contributed by atoms with Gasteiger partial charge < -0.3 is 24.3 Å². The van der Waals surface area contributed by atoms with Crippen molar-refractivity contribution in [3.63, 3.8) is 0 Å². The van der Waals surface area contributed by atoms with Crippen LogP contribution in [0.2, 0.25) is 0 Å². The number of rotatable bonds is 6. The minimum atomic E-state index is -0.254. The van der Waals surface area contributed by atoms with Gasteiger partial charge in [0.15, 0.2) is 0 Å². The molecule has 2 amide bonds. The molecule has 6 heteroatoms. The van der Waals surface area contributed by atoms with E-state index in [0.29, 0.717) is 13.1 Å². The number of nitrogens with one attached hydrogen (secondary N) is 1. The zero-order valence-electron chi connectivity index (χ0n) is 17.4. The van der Waals surface area contributed by atoms with E-state index in [9.17, 15) is 4.79 Å². The maximum Gasteiger partial charge on any atom is 0.318 e. The van der Waals surface area contributed by atoms with E-state index in [2.05, 4.69) is 34.3 Å². The summed E-state index contributed by atoms with van der Waals surface area (Å²) in [6, 6.07) is 19.6. The van der Waals surface area contributed by atoms with Gasteiger partial charge in [-0.15, -0.1) is 0 Å². The molecule has 0 bridgehead atoms. The van der Waals surface area contributed by atoms with Crippen LogP contribution >= 0.6 is 0 Å². The third-order valence-corrected chi connectivity index (χ3v) is 5.56. The first-order valence-corrected chi connectivity index (χ1v) is 10.2. The maximum absolute atomic E-state index is 13.2. The SMILES string of the molecule is COc1ccc(OC)c(C2c3cccn3CCN2C(=O)NCCc2ccccc2)c1. The van der Waals surface area contributed by atoms with Crippen LogP contribution in [0.4, 0.5) is 4.79 Å². The second-order valence-corrected chi connectivity index (χ2v) is 7.30. The molecule has 1 atom stereocenters. The molecule has 1 aliphatic rings. The van der Waals surface area contributed by atoms with Gasteiger partial charge in [0.25, 0.3) is 0 Å². The van der Waals surface area contributed by atoms with E-state index in [-0.39, 0.29) is 12.1 Å². The first-order chi connectivity index (χ1) is 14.7. The van der Waals surface area contributed by atoms with Crippen LogP contribution in [0.25, 0.3) is 0 Å². The summed E-state index contributed by atoms with van der Waals surface area (Å²) in [6.45, 7) is 1.96. The normalized spacial score (nSPS) is 15.4. The summed E-state index contributed by atoms with van der Waals surface area (Å²) in [5.41, 5.74) is 3.18. The predicted octanol–water partition coefficient (Wildman–Crippen LogP) is 3.86. The second-order valence-electron chi connectivity index (χ2n) is 7.30. The fourth-order valence-corrected chi connectivity index (χ4v) is 4.04. The molecule has 156 valence electrons. The molecule has 3 aromatic rings. The summed E-state index contributed by atoms with van der Waals surface area (Å²) in [4.78, 5) is 15.1. The zero-order chi connectivity index (χ0) is 20.9. The van der Waals surface area contributed by atoms with Gasteiger partial charge in [0.05, 0.1) is 14.2 Å². The molecule has 6 nitrogen and oxygen atoms in total. The minimum Gasteiger partial charge on any atom is -0.497 e. The Morgan fingerprint density at radius 2 is 1.87 bits per heavy atom. The highest BCUT2D eigenvalue weighted by Gasteiger charge is 2.34. The Morgan fingerprint density at radius 3 is 2.63 bits per heavy atom. The van der Waals surface area contributed by atoms with Gasteiger partial charge >= 0.3 is 6.03 Å². The summed E-state index contributed by atoms with van der Waals surface area (Å²) in [5.74, 6) is 1.47. The molecule has 0 saturated heterocycles. The van der Waals surface area contributed by atoms with Crippen molar-refractivity contribution in [2.24, 2.45) is 0 Å². The molecule has 30 heavy (non-hydrogen) atoms. The van der Waals surface area contributed by atoms with Crippen LogP contribution in [0.1, 0.15) is 22.9 Å². The molecule has 0 spiro atoms. The van der Waals surface area contributed by atoms with E-state index in [4.69, 9.17) is 9.47 Å². The van der Waals surface area contributed by atoms with E-state index >= 15 is 0 Å². The van der Waals surface area contributed by atoms with Gasteiger partial charge in [-0.3, -0.25) is 0 Å². The molecule has 1 aliphatic heterocycles. The van der Waals surface area contributed by atoms with Gasteiger partial charge in [-0.25, -0.2) is 4.79 Å². The molecule has 1 N–H and O–H groups in total. The van der Waals surface area contributed by atoms with Gasteiger partial charge in [-0.1, -0.05) is 30.3 Å².